The highest BCUT2D eigenvalue weighted by molar-refractivity contribution is 5.58. The van der Waals surface area contributed by atoms with E-state index in [1.54, 1.807) is 6.07 Å². The first-order valence-electron chi connectivity index (χ1n) is 4.36. The minimum Gasteiger partial charge on any atom is -0.490 e. The van der Waals surface area contributed by atoms with E-state index in [1.165, 1.54) is 19.2 Å². The predicted octanol–water partition coefficient (Wildman–Crippen LogP) is 1.01. The van der Waals surface area contributed by atoms with Crippen molar-refractivity contribution in [1.29, 1.82) is 0 Å². The van der Waals surface area contributed by atoms with E-state index in [4.69, 9.17) is 9.84 Å². The second kappa shape index (κ2) is 5.16. The quantitative estimate of drug-likeness (QED) is 0.562. The summed E-state index contributed by atoms with van der Waals surface area (Å²) >= 11 is 0. The van der Waals surface area contributed by atoms with E-state index in [-0.39, 0.29) is 18.0 Å². The number of nitrogens with one attached hydrogen (secondary N) is 1. The fraction of sp³-hybridized carbons (Fsp3) is 0.333. The van der Waals surface area contributed by atoms with Crippen molar-refractivity contribution < 1.29 is 14.8 Å². The van der Waals surface area contributed by atoms with Gasteiger partial charge in [0, 0.05) is 18.3 Å². The highest BCUT2D eigenvalue weighted by Crippen LogP contribution is 2.29. The number of methoxy groups -OCH3 is 1. The Morgan fingerprint density at radius 3 is 2.87 bits per heavy atom. The molecular weight excluding hydrogens is 200 g/mol. The number of benzene rings is 1. The molecule has 0 unspecified atom stereocenters. The summed E-state index contributed by atoms with van der Waals surface area (Å²) in [6, 6.07) is 4.54. The smallest absolute Gasteiger partial charge is 0.312 e. The summed E-state index contributed by atoms with van der Waals surface area (Å²) in [6.07, 6.45) is 0. The number of hydrogen-bond acceptors (Lipinski definition) is 5. The lowest BCUT2D eigenvalue weighted by atomic mass is 10.2. The van der Waals surface area contributed by atoms with Crippen molar-refractivity contribution in [2.75, 3.05) is 25.6 Å². The Labute approximate surface area is 86.6 Å². The summed E-state index contributed by atoms with van der Waals surface area (Å²) in [5.74, 6) is 0.217. The summed E-state index contributed by atoms with van der Waals surface area (Å²) in [7, 11) is 1.38. The van der Waals surface area contributed by atoms with Gasteiger partial charge in [-0.05, 0) is 12.1 Å². The molecule has 0 heterocycles. The van der Waals surface area contributed by atoms with Crippen LogP contribution in [0.3, 0.4) is 0 Å². The van der Waals surface area contributed by atoms with Crippen LogP contribution in [0.25, 0.3) is 0 Å². The summed E-state index contributed by atoms with van der Waals surface area (Å²) < 4.78 is 4.85. The lowest BCUT2D eigenvalue weighted by molar-refractivity contribution is -0.385. The third-order valence-corrected chi connectivity index (χ3v) is 1.82. The maximum atomic E-state index is 10.7. The topological polar surface area (TPSA) is 84.6 Å². The molecule has 0 atom stereocenters. The Bertz CT molecular complexity index is 354. The van der Waals surface area contributed by atoms with Crippen LogP contribution >= 0.6 is 0 Å². The molecule has 0 aliphatic rings. The lowest BCUT2D eigenvalue weighted by Crippen LogP contribution is -2.05. The molecule has 0 aliphatic carbocycles. The highest BCUT2D eigenvalue weighted by Gasteiger charge is 2.14. The van der Waals surface area contributed by atoms with Crippen LogP contribution in [-0.2, 0) is 0 Å². The van der Waals surface area contributed by atoms with E-state index in [9.17, 15) is 10.1 Å². The molecule has 6 heteroatoms. The Morgan fingerprint density at radius 2 is 2.33 bits per heavy atom. The minimum absolute atomic E-state index is 0.0279. The molecule has 0 saturated heterocycles. The van der Waals surface area contributed by atoms with E-state index >= 15 is 0 Å². The molecule has 82 valence electrons. The van der Waals surface area contributed by atoms with Gasteiger partial charge in [0.05, 0.1) is 18.6 Å². The van der Waals surface area contributed by atoms with Gasteiger partial charge in [-0.25, -0.2) is 0 Å². The molecule has 0 spiro atoms. The molecule has 0 aliphatic heterocycles. The van der Waals surface area contributed by atoms with Gasteiger partial charge in [0.15, 0.2) is 5.75 Å². The Balaban J connectivity index is 2.94. The number of aliphatic hydroxyl groups is 1. The van der Waals surface area contributed by atoms with Crippen LogP contribution in [0.4, 0.5) is 11.4 Å². The van der Waals surface area contributed by atoms with Crippen LogP contribution in [0.5, 0.6) is 5.75 Å². The first kappa shape index (κ1) is 11.3. The zero-order valence-electron chi connectivity index (χ0n) is 8.27. The van der Waals surface area contributed by atoms with Gasteiger partial charge in [0.25, 0.3) is 0 Å². The zero-order valence-corrected chi connectivity index (χ0v) is 8.27. The zero-order chi connectivity index (χ0) is 11.3. The van der Waals surface area contributed by atoms with Crippen molar-refractivity contribution in [3.8, 4) is 5.75 Å². The van der Waals surface area contributed by atoms with Crippen LogP contribution < -0.4 is 10.1 Å². The summed E-state index contributed by atoms with van der Waals surface area (Å²) in [6.45, 7) is 0.323. The molecule has 1 rings (SSSR count). The largest absolute Gasteiger partial charge is 0.490 e. The van der Waals surface area contributed by atoms with Crippen molar-refractivity contribution >= 4 is 11.4 Å². The monoisotopic (exact) mass is 212 g/mol. The normalized spacial score (nSPS) is 9.73. The SMILES string of the molecule is COc1ccc(NCCO)cc1[N+](=O)[O-]. The predicted molar refractivity (Wildman–Crippen MR) is 55.2 cm³/mol. The number of anilines is 1. The molecule has 1 aromatic carbocycles. The fourth-order valence-electron chi connectivity index (χ4n) is 1.14. The van der Waals surface area contributed by atoms with Gasteiger partial charge in [0.2, 0.25) is 0 Å². The van der Waals surface area contributed by atoms with E-state index < -0.39 is 4.92 Å². The number of aliphatic hydroxyl groups excluding tert-OH is 1. The fourth-order valence-corrected chi connectivity index (χ4v) is 1.14. The molecule has 0 bridgehead atoms. The van der Waals surface area contributed by atoms with Gasteiger partial charge in [0.1, 0.15) is 0 Å². The number of nitrogens with zero attached hydrogens (tertiary/aromatic N) is 1. The van der Waals surface area contributed by atoms with Crippen molar-refractivity contribution in [1.82, 2.24) is 0 Å². The van der Waals surface area contributed by atoms with Crippen molar-refractivity contribution in [3.63, 3.8) is 0 Å². The second-order valence-electron chi connectivity index (χ2n) is 2.79. The number of nitro benzene ring substituents is 1. The number of hydrogen-bond donors (Lipinski definition) is 2. The number of nitro groups is 1. The Kier molecular flexibility index (Phi) is 3.87. The lowest BCUT2D eigenvalue weighted by Gasteiger charge is -2.06. The standard InChI is InChI=1S/C9H12N2O4/c1-15-9-3-2-7(10-4-5-12)6-8(9)11(13)14/h2-3,6,10,12H,4-5H2,1H3. The molecule has 2 N–H and O–H groups in total. The van der Waals surface area contributed by atoms with Crippen LogP contribution in [0, 0.1) is 10.1 Å². The maximum Gasteiger partial charge on any atom is 0.312 e. The Hall–Kier alpha value is -1.82. The van der Waals surface area contributed by atoms with E-state index in [0.29, 0.717) is 12.2 Å². The van der Waals surface area contributed by atoms with Gasteiger partial charge in [-0.1, -0.05) is 0 Å². The van der Waals surface area contributed by atoms with E-state index in [0.717, 1.165) is 0 Å². The molecular formula is C9H12N2O4. The summed E-state index contributed by atoms with van der Waals surface area (Å²) in [5, 5.41) is 22.1. The molecule has 1 aromatic rings. The van der Waals surface area contributed by atoms with Gasteiger partial charge >= 0.3 is 5.69 Å². The first-order chi connectivity index (χ1) is 7.19. The number of ether oxygens (including phenoxy) is 1. The molecule has 0 aromatic heterocycles. The van der Waals surface area contributed by atoms with Gasteiger partial charge in [-0.15, -0.1) is 0 Å². The molecule has 0 amide bonds. The average Bonchev–Trinajstić information content (AvgIpc) is 2.25. The molecule has 0 saturated carbocycles. The average molecular weight is 212 g/mol. The third-order valence-electron chi connectivity index (χ3n) is 1.82. The van der Waals surface area contributed by atoms with E-state index in [1.807, 2.05) is 0 Å². The van der Waals surface area contributed by atoms with Crippen LogP contribution in [0.15, 0.2) is 18.2 Å². The summed E-state index contributed by atoms with van der Waals surface area (Å²) in [5.41, 5.74) is 0.483. The first-order valence-corrected chi connectivity index (χ1v) is 4.36. The van der Waals surface area contributed by atoms with Crippen molar-refractivity contribution in [3.05, 3.63) is 28.3 Å². The third kappa shape index (κ3) is 2.81. The van der Waals surface area contributed by atoms with Crippen molar-refractivity contribution in [2.45, 2.75) is 0 Å². The molecule has 6 nitrogen and oxygen atoms in total. The van der Waals surface area contributed by atoms with Gasteiger partial charge in [-0.3, -0.25) is 10.1 Å². The van der Waals surface area contributed by atoms with Crippen LogP contribution in [0.2, 0.25) is 0 Å². The maximum absolute atomic E-state index is 10.7. The molecule has 0 fully saturated rings. The van der Waals surface area contributed by atoms with Crippen molar-refractivity contribution in [2.24, 2.45) is 0 Å². The molecule has 0 radical (unpaired) electrons. The number of rotatable bonds is 5. The second-order valence-corrected chi connectivity index (χ2v) is 2.79. The Morgan fingerprint density at radius 1 is 1.60 bits per heavy atom. The van der Waals surface area contributed by atoms with E-state index in [2.05, 4.69) is 5.32 Å². The van der Waals surface area contributed by atoms with Gasteiger partial charge < -0.3 is 15.2 Å². The van der Waals surface area contributed by atoms with Gasteiger partial charge in [-0.2, -0.15) is 0 Å². The minimum atomic E-state index is -0.511. The van der Waals surface area contributed by atoms with Crippen LogP contribution in [-0.4, -0.2) is 30.3 Å². The van der Waals surface area contributed by atoms with Crippen LogP contribution in [0.1, 0.15) is 0 Å². The summed E-state index contributed by atoms with van der Waals surface area (Å²) in [4.78, 5) is 10.1. The highest BCUT2D eigenvalue weighted by atomic mass is 16.6. The molecule has 15 heavy (non-hydrogen) atoms.